The number of nitro groups is 1. The minimum absolute atomic E-state index is 0.0912. The second-order valence-corrected chi connectivity index (χ2v) is 5.41. The van der Waals surface area contributed by atoms with Gasteiger partial charge in [-0.1, -0.05) is 12.1 Å². The summed E-state index contributed by atoms with van der Waals surface area (Å²) in [7, 11) is 0. The van der Waals surface area contributed by atoms with Crippen LogP contribution in [-0.4, -0.2) is 22.4 Å². The molecule has 0 aromatic heterocycles. The standard InChI is InChI=1S/C13H14BrN3O2/c14-13-10(3-1-4-12(13)17(18)19)9-16(8-2-7-15)11-5-6-11/h1,3-4,11H,2,5-6,8-9H2. The van der Waals surface area contributed by atoms with E-state index in [1.54, 1.807) is 6.07 Å². The Balaban J connectivity index is 2.15. The summed E-state index contributed by atoms with van der Waals surface area (Å²) >= 11 is 3.31. The summed E-state index contributed by atoms with van der Waals surface area (Å²) in [6.07, 6.45) is 2.79. The van der Waals surface area contributed by atoms with Gasteiger partial charge in [0.2, 0.25) is 0 Å². The van der Waals surface area contributed by atoms with E-state index in [4.69, 9.17) is 5.26 Å². The van der Waals surface area contributed by atoms with Gasteiger partial charge in [0.25, 0.3) is 5.69 Å². The van der Waals surface area contributed by atoms with Crippen LogP contribution in [0, 0.1) is 21.4 Å². The smallest absolute Gasteiger partial charge is 0.283 e. The Kier molecular flexibility index (Phi) is 4.51. The van der Waals surface area contributed by atoms with Crippen LogP contribution >= 0.6 is 15.9 Å². The predicted molar refractivity (Wildman–Crippen MR) is 74.5 cm³/mol. The number of nitro benzene ring substituents is 1. The van der Waals surface area contributed by atoms with E-state index >= 15 is 0 Å². The monoisotopic (exact) mass is 323 g/mol. The average molecular weight is 324 g/mol. The molecule has 1 saturated carbocycles. The molecule has 2 rings (SSSR count). The Bertz CT molecular complexity index is 523. The third-order valence-electron chi connectivity index (χ3n) is 3.20. The molecule has 6 heteroatoms. The van der Waals surface area contributed by atoms with Crippen molar-refractivity contribution in [3.8, 4) is 6.07 Å². The number of rotatable bonds is 6. The normalized spacial score (nSPS) is 14.4. The second-order valence-electron chi connectivity index (χ2n) is 4.62. The van der Waals surface area contributed by atoms with Crippen molar-refractivity contribution in [2.75, 3.05) is 6.54 Å². The fourth-order valence-electron chi connectivity index (χ4n) is 2.07. The van der Waals surface area contributed by atoms with Gasteiger partial charge in [0.05, 0.1) is 15.5 Å². The van der Waals surface area contributed by atoms with Gasteiger partial charge in [-0.05, 0) is 34.3 Å². The molecule has 0 aliphatic heterocycles. The molecule has 0 radical (unpaired) electrons. The Labute approximate surface area is 120 Å². The Morgan fingerprint density at radius 3 is 2.84 bits per heavy atom. The van der Waals surface area contributed by atoms with Crippen LogP contribution in [0.5, 0.6) is 0 Å². The number of nitrogens with zero attached hydrogens (tertiary/aromatic N) is 3. The van der Waals surface area contributed by atoms with Crippen molar-refractivity contribution >= 4 is 21.6 Å². The zero-order valence-corrected chi connectivity index (χ0v) is 12.0. The lowest BCUT2D eigenvalue weighted by molar-refractivity contribution is -0.385. The first-order valence-electron chi connectivity index (χ1n) is 6.16. The van der Waals surface area contributed by atoms with E-state index < -0.39 is 0 Å². The van der Waals surface area contributed by atoms with E-state index in [1.165, 1.54) is 6.07 Å². The Hall–Kier alpha value is -1.45. The van der Waals surface area contributed by atoms with Gasteiger partial charge in [0, 0.05) is 31.6 Å². The summed E-state index contributed by atoms with van der Waals surface area (Å²) in [4.78, 5) is 12.7. The first kappa shape index (κ1) is 14.0. The first-order chi connectivity index (χ1) is 9.13. The van der Waals surface area contributed by atoms with Crippen LogP contribution in [0.2, 0.25) is 0 Å². The zero-order valence-electron chi connectivity index (χ0n) is 10.4. The lowest BCUT2D eigenvalue weighted by Crippen LogP contribution is -2.26. The summed E-state index contributed by atoms with van der Waals surface area (Å²) < 4.78 is 0.544. The van der Waals surface area contributed by atoms with Gasteiger partial charge in [-0.15, -0.1) is 0 Å². The number of benzene rings is 1. The van der Waals surface area contributed by atoms with Crippen LogP contribution in [0.4, 0.5) is 5.69 Å². The second kappa shape index (κ2) is 6.13. The zero-order chi connectivity index (χ0) is 13.8. The third-order valence-corrected chi connectivity index (χ3v) is 4.12. The largest absolute Gasteiger partial charge is 0.295 e. The fraction of sp³-hybridized carbons (Fsp3) is 0.462. The number of nitriles is 1. The summed E-state index contributed by atoms with van der Waals surface area (Å²) in [5.74, 6) is 0. The molecule has 1 aromatic rings. The van der Waals surface area contributed by atoms with Gasteiger partial charge in [0.1, 0.15) is 0 Å². The first-order valence-corrected chi connectivity index (χ1v) is 6.95. The molecule has 100 valence electrons. The van der Waals surface area contributed by atoms with Gasteiger partial charge >= 0.3 is 0 Å². The maximum absolute atomic E-state index is 10.9. The number of halogens is 1. The highest BCUT2D eigenvalue weighted by atomic mass is 79.9. The van der Waals surface area contributed by atoms with Gasteiger partial charge in [-0.2, -0.15) is 5.26 Å². The van der Waals surface area contributed by atoms with Gasteiger partial charge in [-0.3, -0.25) is 15.0 Å². The van der Waals surface area contributed by atoms with E-state index in [9.17, 15) is 10.1 Å². The highest BCUT2D eigenvalue weighted by molar-refractivity contribution is 9.10. The van der Waals surface area contributed by atoms with Crippen LogP contribution in [0.1, 0.15) is 24.8 Å². The molecule has 1 aliphatic rings. The highest BCUT2D eigenvalue weighted by Crippen LogP contribution is 2.33. The van der Waals surface area contributed by atoms with Crippen LogP contribution in [0.25, 0.3) is 0 Å². The third kappa shape index (κ3) is 3.52. The maximum atomic E-state index is 10.9. The molecular weight excluding hydrogens is 310 g/mol. The quantitative estimate of drug-likeness (QED) is 0.595. The highest BCUT2D eigenvalue weighted by Gasteiger charge is 2.29. The molecule has 1 fully saturated rings. The van der Waals surface area contributed by atoms with Gasteiger partial charge in [0.15, 0.2) is 0 Å². The molecule has 0 spiro atoms. The Morgan fingerprint density at radius 2 is 2.26 bits per heavy atom. The molecule has 0 bridgehead atoms. The van der Waals surface area contributed by atoms with Crippen LogP contribution in [0.3, 0.4) is 0 Å². The fourth-order valence-corrected chi connectivity index (χ4v) is 2.61. The van der Waals surface area contributed by atoms with E-state index in [-0.39, 0.29) is 10.6 Å². The summed E-state index contributed by atoms with van der Waals surface area (Å²) in [5.41, 5.74) is 0.993. The predicted octanol–water partition coefficient (Wildman–Crippen LogP) is 3.24. The lowest BCUT2D eigenvalue weighted by Gasteiger charge is -2.21. The number of hydrogen-bond donors (Lipinski definition) is 0. The molecule has 1 aliphatic carbocycles. The minimum atomic E-state index is -0.385. The number of hydrogen-bond acceptors (Lipinski definition) is 4. The summed E-state index contributed by atoms with van der Waals surface area (Å²) in [6.45, 7) is 1.37. The average Bonchev–Trinajstić information content (AvgIpc) is 3.20. The van der Waals surface area contributed by atoms with Crippen molar-refractivity contribution in [3.05, 3.63) is 38.3 Å². The van der Waals surface area contributed by atoms with Crippen molar-refractivity contribution in [1.82, 2.24) is 4.90 Å². The SMILES string of the molecule is N#CCCN(Cc1cccc([N+](=O)[O-])c1Br)C1CC1. The molecule has 0 amide bonds. The molecule has 0 unspecified atom stereocenters. The molecule has 0 heterocycles. The topological polar surface area (TPSA) is 70.2 Å². The van der Waals surface area contributed by atoms with Crippen molar-refractivity contribution < 1.29 is 4.92 Å². The summed E-state index contributed by atoms with van der Waals surface area (Å²) in [5, 5.41) is 19.6. The molecule has 0 N–H and O–H groups in total. The van der Waals surface area contributed by atoms with E-state index in [2.05, 4.69) is 26.9 Å². The molecule has 19 heavy (non-hydrogen) atoms. The molecular formula is C13H14BrN3O2. The van der Waals surface area contributed by atoms with E-state index in [1.807, 2.05) is 6.07 Å². The van der Waals surface area contributed by atoms with Gasteiger partial charge in [-0.25, -0.2) is 0 Å². The van der Waals surface area contributed by atoms with Crippen molar-refractivity contribution in [1.29, 1.82) is 5.26 Å². The van der Waals surface area contributed by atoms with Crippen LogP contribution < -0.4 is 0 Å². The van der Waals surface area contributed by atoms with Crippen molar-refractivity contribution in [3.63, 3.8) is 0 Å². The molecule has 1 aromatic carbocycles. The Morgan fingerprint density at radius 1 is 1.53 bits per heavy atom. The summed E-state index contributed by atoms with van der Waals surface area (Å²) in [6, 6.07) is 7.76. The van der Waals surface area contributed by atoms with Gasteiger partial charge < -0.3 is 0 Å². The van der Waals surface area contributed by atoms with Crippen molar-refractivity contribution in [2.45, 2.75) is 31.8 Å². The molecule has 5 nitrogen and oxygen atoms in total. The van der Waals surface area contributed by atoms with Crippen LogP contribution in [-0.2, 0) is 6.54 Å². The minimum Gasteiger partial charge on any atom is -0.295 e. The molecule has 0 atom stereocenters. The van der Waals surface area contributed by atoms with E-state index in [0.29, 0.717) is 23.5 Å². The van der Waals surface area contributed by atoms with E-state index in [0.717, 1.165) is 24.9 Å². The maximum Gasteiger partial charge on any atom is 0.283 e. The van der Waals surface area contributed by atoms with Crippen molar-refractivity contribution in [2.24, 2.45) is 0 Å². The van der Waals surface area contributed by atoms with Crippen LogP contribution in [0.15, 0.2) is 22.7 Å². The lowest BCUT2D eigenvalue weighted by atomic mass is 10.2. The molecule has 0 saturated heterocycles.